The van der Waals surface area contributed by atoms with Crippen LogP contribution in [0.3, 0.4) is 0 Å². The summed E-state index contributed by atoms with van der Waals surface area (Å²) < 4.78 is 72.2. The Labute approximate surface area is 297 Å². The van der Waals surface area contributed by atoms with Crippen molar-refractivity contribution in [1.82, 2.24) is 4.57 Å². The second-order valence-electron chi connectivity index (χ2n) is 14.0. The average Bonchev–Trinajstić information content (AvgIpc) is 3.59. The molecular weight excluding hydrogens is 677 g/mol. The van der Waals surface area contributed by atoms with Crippen molar-refractivity contribution in [3.63, 3.8) is 0 Å². The van der Waals surface area contributed by atoms with Gasteiger partial charge >= 0.3 is 6.29 Å². The smallest absolute Gasteiger partial charge is 0.492 e. The van der Waals surface area contributed by atoms with E-state index in [1.807, 2.05) is 71.3 Å². The largest absolute Gasteiger partial charge is 0.586 e. The Kier molecular flexibility index (Phi) is 8.63. The highest BCUT2D eigenvalue weighted by Gasteiger charge is 2.50. The van der Waals surface area contributed by atoms with Crippen LogP contribution in [0.25, 0.3) is 10.9 Å². The van der Waals surface area contributed by atoms with Gasteiger partial charge in [0.2, 0.25) is 5.91 Å². The van der Waals surface area contributed by atoms with Crippen molar-refractivity contribution < 1.29 is 46.8 Å². The third-order valence-electron chi connectivity index (χ3n) is 10.1. The van der Waals surface area contributed by atoms with Gasteiger partial charge in [0.15, 0.2) is 11.5 Å². The Morgan fingerprint density at radius 2 is 1.56 bits per heavy atom. The molecule has 5 aromatic rings. The summed E-state index contributed by atoms with van der Waals surface area (Å²) in [6.45, 7) is 2.94. The monoisotopic (exact) mass is 714 g/mol. The fraction of sp³-hybridized carbons (Fsp3) is 0.325. The van der Waals surface area contributed by atoms with Crippen molar-refractivity contribution >= 4 is 22.5 Å². The maximum absolute atomic E-state index is 16.0. The molecule has 9 nitrogen and oxygen atoms in total. The number of hydrogen-bond acceptors (Lipinski definition) is 7. The number of benzene rings is 4. The first-order valence-electron chi connectivity index (χ1n) is 17.2. The van der Waals surface area contributed by atoms with E-state index in [2.05, 4.69) is 14.8 Å². The van der Waals surface area contributed by atoms with Crippen LogP contribution in [-0.2, 0) is 44.9 Å². The highest BCUT2D eigenvalue weighted by Crippen LogP contribution is 2.51. The lowest BCUT2D eigenvalue weighted by molar-refractivity contribution is -0.286. The molecule has 1 amide bonds. The van der Waals surface area contributed by atoms with E-state index in [1.54, 1.807) is 13.0 Å². The molecule has 3 aliphatic rings. The number of aliphatic hydroxyl groups is 1. The standard InChI is InChI=1S/C40H37F3N2O7/c1-38(23-50-33-18-35-34(16-29(33)38)51-40(42,43)52-35)37(47)44-31-14-27-15-36(39(12-13-39)24-49-21-26-10-6-3-7-11-26)45(32(27)17-30(31)41)19-28(46)22-48-20-25-8-4-2-5-9-25/h2-11,14-18,28,46H,12-13,19-24H2,1H3,(H,44,47)/t28-,38+/m1/s1. The van der Waals surface area contributed by atoms with Gasteiger partial charge in [-0.25, -0.2) is 4.39 Å². The zero-order chi connectivity index (χ0) is 36.1. The summed E-state index contributed by atoms with van der Waals surface area (Å²) in [6.07, 6.45) is -3.01. The van der Waals surface area contributed by atoms with E-state index in [0.717, 1.165) is 29.7 Å². The summed E-state index contributed by atoms with van der Waals surface area (Å²) in [4.78, 5) is 13.8. The van der Waals surface area contributed by atoms with Crippen molar-refractivity contribution in [2.24, 2.45) is 0 Å². The van der Waals surface area contributed by atoms with Crippen molar-refractivity contribution in [3.8, 4) is 17.2 Å². The number of amides is 1. The Balaban J connectivity index is 1.05. The van der Waals surface area contributed by atoms with Crippen LogP contribution in [-0.4, -0.2) is 47.8 Å². The second-order valence-corrected chi connectivity index (χ2v) is 14.0. The first kappa shape index (κ1) is 34.1. The summed E-state index contributed by atoms with van der Waals surface area (Å²) in [7, 11) is 0. The lowest BCUT2D eigenvalue weighted by Gasteiger charge is -2.22. The number of nitrogens with zero attached hydrogens (tertiary/aromatic N) is 1. The van der Waals surface area contributed by atoms with E-state index in [9.17, 15) is 18.7 Å². The number of carbonyl (C=O) groups excluding carboxylic acids is 1. The van der Waals surface area contributed by atoms with Crippen LogP contribution < -0.4 is 19.5 Å². The molecule has 4 aromatic carbocycles. The minimum atomic E-state index is -3.83. The molecule has 12 heteroatoms. The van der Waals surface area contributed by atoms with E-state index in [0.29, 0.717) is 36.3 Å². The predicted molar refractivity (Wildman–Crippen MR) is 185 cm³/mol. The number of fused-ring (bicyclic) bond motifs is 3. The first-order valence-corrected chi connectivity index (χ1v) is 17.2. The minimum Gasteiger partial charge on any atom is -0.492 e. The van der Waals surface area contributed by atoms with E-state index in [-0.39, 0.29) is 48.1 Å². The number of anilines is 1. The number of nitrogens with one attached hydrogen (secondary N) is 1. The normalized spacial score (nSPS) is 19.6. The average molecular weight is 715 g/mol. The van der Waals surface area contributed by atoms with Crippen LogP contribution in [0.5, 0.6) is 17.2 Å². The van der Waals surface area contributed by atoms with Gasteiger partial charge in [-0.1, -0.05) is 60.7 Å². The van der Waals surface area contributed by atoms with E-state index >= 15 is 4.39 Å². The van der Waals surface area contributed by atoms with E-state index < -0.39 is 29.5 Å². The highest BCUT2D eigenvalue weighted by atomic mass is 19.3. The van der Waals surface area contributed by atoms with Gasteiger partial charge in [0.05, 0.1) is 50.3 Å². The number of aliphatic hydroxyl groups excluding tert-OH is 1. The van der Waals surface area contributed by atoms with E-state index in [1.165, 1.54) is 18.2 Å². The zero-order valence-corrected chi connectivity index (χ0v) is 28.4. The first-order chi connectivity index (χ1) is 25.0. The van der Waals surface area contributed by atoms with Crippen LogP contribution in [0.2, 0.25) is 0 Å². The van der Waals surface area contributed by atoms with Gasteiger partial charge < -0.3 is 38.7 Å². The van der Waals surface area contributed by atoms with Crippen LogP contribution >= 0.6 is 0 Å². The molecule has 2 N–H and O–H groups in total. The molecule has 0 spiro atoms. The fourth-order valence-corrected chi connectivity index (χ4v) is 7.01. The van der Waals surface area contributed by atoms with Gasteiger partial charge in [-0.15, -0.1) is 8.78 Å². The molecule has 0 unspecified atom stereocenters. The van der Waals surface area contributed by atoms with Crippen molar-refractivity contribution in [3.05, 3.63) is 119 Å². The quantitative estimate of drug-likeness (QED) is 0.133. The summed E-state index contributed by atoms with van der Waals surface area (Å²) in [6, 6.07) is 27.0. The fourth-order valence-electron chi connectivity index (χ4n) is 7.01. The Hall–Kier alpha value is -5.04. The predicted octanol–water partition coefficient (Wildman–Crippen LogP) is 7.22. The zero-order valence-electron chi connectivity index (χ0n) is 28.4. The minimum absolute atomic E-state index is 0.0555. The number of ether oxygens (including phenoxy) is 5. The summed E-state index contributed by atoms with van der Waals surface area (Å²) in [5, 5.41) is 14.5. The molecular formula is C40H37F3N2O7. The third-order valence-corrected chi connectivity index (χ3v) is 10.1. The number of rotatable bonds is 13. The van der Waals surface area contributed by atoms with E-state index in [4.69, 9.17) is 14.2 Å². The van der Waals surface area contributed by atoms with Gasteiger partial charge in [-0.3, -0.25) is 4.79 Å². The molecule has 2 atom stereocenters. The van der Waals surface area contributed by atoms with Crippen LogP contribution in [0, 0.1) is 5.82 Å². The second kappa shape index (κ2) is 13.2. The molecule has 52 heavy (non-hydrogen) atoms. The number of hydrogen-bond donors (Lipinski definition) is 2. The van der Waals surface area contributed by atoms with Gasteiger partial charge in [0.1, 0.15) is 23.6 Å². The van der Waals surface area contributed by atoms with Crippen LogP contribution in [0.1, 0.15) is 42.1 Å². The van der Waals surface area contributed by atoms with Crippen molar-refractivity contribution in [1.29, 1.82) is 0 Å². The van der Waals surface area contributed by atoms with Gasteiger partial charge in [0, 0.05) is 34.2 Å². The Morgan fingerprint density at radius 1 is 0.904 bits per heavy atom. The molecule has 0 bridgehead atoms. The van der Waals surface area contributed by atoms with Gasteiger partial charge in [-0.2, -0.15) is 0 Å². The molecule has 2 aliphatic heterocycles. The third kappa shape index (κ3) is 6.57. The maximum atomic E-state index is 16.0. The van der Waals surface area contributed by atoms with Gasteiger partial charge in [-0.05, 0) is 49.1 Å². The molecule has 0 radical (unpaired) electrons. The summed E-state index contributed by atoms with van der Waals surface area (Å²) >= 11 is 0. The molecule has 1 fully saturated rings. The molecule has 1 saturated carbocycles. The number of halogens is 3. The summed E-state index contributed by atoms with van der Waals surface area (Å²) in [5.74, 6) is -1.49. The molecule has 270 valence electrons. The summed E-state index contributed by atoms with van der Waals surface area (Å²) in [5.41, 5.74) is 2.08. The lowest BCUT2D eigenvalue weighted by Crippen LogP contribution is -2.39. The highest BCUT2D eigenvalue weighted by molar-refractivity contribution is 6.01. The topological polar surface area (TPSA) is 100 Å². The Bertz CT molecular complexity index is 2120. The van der Waals surface area contributed by atoms with Crippen molar-refractivity contribution in [2.45, 2.75) is 62.8 Å². The van der Waals surface area contributed by atoms with Crippen LogP contribution in [0.15, 0.2) is 91.0 Å². The SMILES string of the molecule is C[C@]1(C(=O)Nc2cc3cc(C4(COCc5ccccc5)CC4)n(C[C@@H](O)COCc4ccccc4)c3cc2F)COc2cc3c(cc21)OC(F)(F)O3. The van der Waals surface area contributed by atoms with Crippen molar-refractivity contribution in [2.75, 3.05) is 25.1 Å². The van der Waals surface area contributed by atoms with Gasteiger partial charge in [0.25, 0.3) is 0 Å². The molecule has 8 rings (SSSR count). The number of carbonyl (C=O) groups is 1. The van der Waals surface area contributed by atoms with Crippen LogP contribution in [0.4, 0.5) is 18.9 Å². The lowest BCUT2D eigenvalue weighted by atomic mass is 9.83. The number of aromatic nitrogens is 1. The maximum Gasteiger partial charge on any atom is 0.586 e. The molecule has 0 saturated heterocycles. The molecule has 3 heterocycles. The molecule has 1 aliphatic carbocycles. The molecule has 1 aromatic heterocycles. The Morgan fingerprint density at radius 3 is 2.23 bits per heavy atom. The number of alkyl halides is 2.